The number of rotatable bonds is 1. The van der Waals surface area contributed by atoms with Crippen LogP contribution in [0.3, 0.4) is 0 Å². The van der Waals surface area contributed by atoms with Crippen LogP contribution < -0.4 is 0 Å². The van der Waals surface area contributed by atoms with E-state index in [9.17, 15) is 0 Å². The fourth-order valence-electron chi connectivity index (χ4n) is 2.16. The van der Waals surface area contributed by atoms with Crippen LogP contribution in [0.25, 0.3) is 11.4 Å². The lowest BCUT2D eigenvalue weighted by atomic mass is 9.84. The Labute approximate surface area is 116 Å². The zero-order valence-electron chi connectivity index (χ0n) is 12.8. The van der Waals surface area contributed by atoms with Gasteiger partial charge in [0.2, 0.25) is 0 Å². The van der Waals surface area contributed by atoms with Crippen molar-refractivity contribution >= 4 is 0 Å². The lowest BCUT2D eigenvalue weighted by Gasteiger charge is -2.19. The molecule has 2 rings (SSSR count). The maximum Gasteiger partial charge on any atom is 0.0867 e. The second-order valence-electron chi connectivity index (χ2n) is 7.19. The summed E-state index contributed by atoms with van der Waals surface area (Å²) in [5, 5.41) is 0. The second kappa shape index (κ2) is 4.52. The molecule has 0 fully saturated rings. The van der Waals surface area contributed by atoms with Gasteiger partial charge in [0.1, 0.15) is 0 Å². The number of aromatic amines is 1. The highest BCUT2D eigenvalue weighted by Gasteiger charge is 2.26. The van der Waals surface area contributed by atoms with Gasteiger partial charge in [-0.3, -0.25) is 4.98 Å². The van der Waals surface area contributed by atoms with Gasteiger partial charge in [0.15, 0.2) is 0 Å². The molecule has 19 heavy (non-hydrogen) atoms. The zero-order valence-corrected chi connectivity index (χ0v) is 12.8. The monoisotopic (exact) mass is 256 g/mol. The van der Waals surface area contributed by atoms with Crippen LogP contribution in [0, 0.1) is 0 Å². The van der Waals surface area contributed by atoms with E-state index in [2.05, 4.69) is 63.6 Å². The average molecular weight is 256 g/mol. The molecule has 2 aromatic rings. The van der Waals surface area contributed by atoms with Crippen LogP contribution >= 0.6 is 0 Å². The van der Waals surface area contributed by atoms with Crippen molar-refractivity contribution in [1.29, 1.82) is 0 Å². The quantitative estimate of drug-likeness (QED) is 0.789. The molecule has 0 saturated carbocycles. The van der Waals surface area contributed by atoms with Crippen molar-refractivity contribution in [2.75, 3.05) is 0 Å². The van der Waals surface area contributed by atoms with Gasteiger partial charge in [-0.25, -0.2) is 0 Å². The first-order valence-corrected chi connectivity index (χ1v) is 6.85. The number of hydrogen-bond donors (Lipinski definition) is 1. The second-order valence-corrected chi connectivity index (χ2v) is 7.19. The fourth-order valence-corrected chi connectivity index (χ4v) is 2.16. The van der Waals surface area contributed by atoms with E-state index < -0.39 is 0 Å². The van der Waals surface area contributed by atoms with Crippen LogP contribution in [0.5, 0.6) is 0 Å². The van der Waals surface area contributed by atoms with Crippen LogP contribution in [0.15, 0.2) is 30.5 Å². The summed E-state index contributed by atoms with van der Waals surface area (Å²) >= 11 is 0. The third-order valence-corrected chi connectivity index (χ3v) is 3.35. The SMILES string of the molecule is CC(C)(C)c1cc(C(C)(C)C)c(-c2ccccn2)[nH]1. The topological polar surface area (TPSA) is 28.7 Å². The molecule has 0 unspecified atom stereocenters. The van der Waals surface area contributed by atoms with Gasteiger partial charge in [-0.05, 0) is 29.2 Å². The van der Waals surface area contributed by atoms with E-state index in [1.807, 2.05) is 18.3 Å². The number of hydrogen-bond acceptors (Lipinski definition) is 1. The number of pyridine rings is 1. The van der Waals surface area contributed by atoms with Crippen molar-refractivity contribution in [3.63, 3.8) is 0 Å². The number of aromatic nitrogens is 2. The molecule has 2 nitrogen and oxygen atoms in total. The normalized spacial score (nSPS) is 12.7. The molecule has 0 saturated heterocycles. The lowest BCUT2D eigenvalue weighted by Crippen LogP contribution is -2.12. The first-order chi connectivity index (χ1) is 8.69. The Morgan fingerprint density at radius 2 is 1.63 bits per heavy atom. The Hall–Kier alpha value is -1.57. The van der Waals surface area contributed by atoms with Crippen molar-refractivity contribution in [3.05, 3.63) is 41.7 Å². The van der Waals surface area contributed by atoms with Crippen LogP contribution in [-0.2, 0) is 10.8 Å². The van der Waals surface area contributed by atoms with Crippen LogP contribution in [-0.4, -0.2) is 9.97 Å². The van der Waals surface area contributed by atoms with Gasteiger partial charge in [0.05, 0.1) is 11.4 Å². The third-order valence-electron chi connectivity index (χ3n) is 3.35. The Kier molecular flexibility index (Phi) is 3.29. The van der Waals surface area contributed by atoms with Crippen LogP contribution in [0.1, 0.15) is 52.8 Å². The zero-order chi connectivity index (χ0) is 14.3. The number of nitrogens with zero attached hydrogens (tertiary/aromatic N) is 1. The van der Waals surface area contributed by atoms with Gasteiger partial charge in [0.25, 0.3) is 0 Å². The van der Waals surface area contributed by atoms with Gasteiger partial charge in [-0.15, -0.1) is 0 Å². The molecule has 0 aliphatic rings. The Bertz CT molecular complexity index is 551. The molecule has 2 aromatic heterocycles. The van der Waals surface area contributed by atoms with Gasteiger partial charge < -0.3 is 4.98 Å². The van der Waals surface area contributed by atoms with E-state index in [-0.39, 0.29) is 10.8 Å². The predicted molar refractivity (Wildman–Crippen MR) is 81.4 cm³/mol. The minimum Gasteiger partial charge on any atom is -0.356 e. The molecular formula is C17H24N2. The molecule has 1 N–H and O–H groups in total. The smallest absolute Gasteiger partial charge is 0.0867 e. The maximum atomic E-state index is 4.49. The molecule has 0 atom stereocenters. The molecule has 0 aliphatic carbocycles. The molecule has 0 spiro atoms. The standard InChI is InChI=1S/C17H24N2/c1-16(2,3)12-11-14(17(4,5)6)19-15(12)13-9-7-8-10-18-13/h7-11,19H,1-6H3. The minimum absolute atomic E-state index is 0.104. The Balaban J connectivity index is 2.63. The highest BCUT2D eigenvalue weighted by molar-refractivity contribution is 5.62. The molecule has 0 amide bonds. The van der Waals surface area contributed by atoms with Gasteiger partial charge in [-0.2, -0.15) is 0 Å². The lowest BCUT2D eigenvalue weighted by molar-refractivity contribution is 0.569. The van der Waals surface area contributed by atoms with E-state index in [0.29, 0.717) is 0 Å². The summed E-state index contributed by atoms with van der Waals surface area (Å²) in [5.74, 6) is 0. The molecule has 2 heteroatoms. The molecule has 0 aliphatic heterocycles. The predicted octanol–water partition coefficient (Wildman–Crippen LogP) is 4.67. The highest BCUT2D eigenvalue weighted by Crippen LogP contribution is 2.35. The van der Waals surface area contributed by atoms with Crippen LogP contribution in [0.2, 0.25) is 0 Å². The van der Waals surface area contributed by atoms with E-state index in [0.717, 1.165) is 11.4 Å². The number of H-pyrrole nitrogens is 1. The molecule has 0 bridgehead atoms. The Morgan fingerprint density at radius 1 is 0.947 bits per heavy atom. The summed E-state index contributed by atoms with van der Waals surface area (Å²) < 4.78 is 0. The van der Waals surface area contributed by atoms with Gasteiger partial charge >= 0.3 is 0 Å². The van der Waals surface area contributed by atoms with E-state index >= 15 is 0 Å². The van der Waals surface area contributed by atoms with Crippen molar-refractivity contribution in [3.8, 4) is 11.4 Å². The molecule has 0 radical (unpaired) electrons. The van der Waals surface area contributed by atoms with E-state index in [4.69, 9.17) is 0 Å². The highest BCUT2D eigenvalue weighted by atomic mass is 14.8. The summed E-state index contributed by atoms with van der Waals surface area (Å²) in [4.78, 5) is 8.07. The average Bonchev–Trinajstić information content (AvgIpc) is 2.74. The number of nitrogens with one attached hydrogen (secondary N) is 1. The maximum absolute atomic E-state index is 4.49. The van der Waals surface area contributed by atoms with Gasteiger partial charge in [0, 0.05) is 17.3 Å². The first kappa shape index (κ1) is 13.9. The van der Waals surface area contributed by atoms with Crippen molar-refractivity contribution < 1.29 is 0 Å². The Morgan fingerprint density at radius 3 is 2.11 bits per heavy atom. The van der Waals surface area contributed by atoms with Crippen LogP contribution in [0.4, 0.5) is 0 Å². The molecular weight excluding hydrogens is 232 g/mol. The van der Waals surface area contributed by atoms with E-state index in [1.165, 1.54) is 11.3 Å². The summed E-state index contributed by atoms with van der Waals surface area (Å²) in [6.45, 7) is 13.4. The summed E-state index contributed by atoms with van der Waals surface area (Å²) in [7, 11) is 0. The first-order valence-electron chi connectivity index (χ1n) is 6.85. The summed E-state index contributed by atoms with van der Waals surface area (Å²) in [6.07, 6.45) is 1.85. The van der Waals surface area contributed by atoms with Crippen molar-refractivity contribution in [2.24, 2.45) is 0 Å². The van der Waals surface area contributed by atoms with Gasteiger partial charge in [-0.1, -0.05) is 47.6 Å². The summed E-state index contributed by atoms with van der Waals surface area (Å²) in [6, 6.07) is 8.35. The molecule has 102 valence electrons. The molecule has 2 heterocycles. The van der Waals surface area contributed by atoms with E-state index in [1.54, 1.807) is 0 Å². The fraction of sp³-hybridized carbons (Fsp3) is 0.471. The molecule has 0 aromatic carbocycles. The van der Waals surface area contributed by atoms with Crippen molar-refractivity contribution in [2.45, 2.75) is 52.4 Å². The van der Waals surface area contributed by atoms with Crippen molar-refractivity contribution in [1.82, 2.24) is 9.97 Å². The largest absolute Gasteiger partial charge is 0.356 e. The summed E-state index contributed by atoms with van der Waals surface area (Å²) in [5.41, 5.74) is 4.98. The third kappa shape index (κ3) is 2.89. The minimum atomic E-state index is 0.104.